The van der Waals surface area contributed by atoms with Crippen LogP contribution < -0.4 is 5.32 Å². The normalized spacial score (nSPS) is 12.1. The third-order valence-corrected chi connectivity index (χ3v) is 6.67. The Bertz CT molecular complexity index is 1260. The first-order valence-corrected chi connectivity index (χ1v) is 11.4. The van der Waals surface area contributed by atoms with E-state index in [-0.39, 0.29) is 17.2 Å². The Balaban J connectivity index is 1.60. The minimum absolute atomic E-state index is 0.264. The van der Waals surface area contributed by atoms with Crippen molar-refractivity contribution >= 4 is 45.6 Å². The molecule has 0 aliphatic heterocycles. The molecule has 4 aromatic heterocycles. The lowest BCUT2D eigenvalue weighted by Crippen LogP contribution is -2.35. The van der Waals surface area contributed by atoms with Crippen LogP contribution in [-0.4, -0.2) is 28.1 Å². The average Bonchev–Trinajstić information content (AvgIpc) is 3.46. The smallest absolute Gasteiger partial charge is 0.339 e. The van der Waals surface area contributed by atoms with Gasteiger partial charge in [0.05, 0.1) is 28.9 Å². The van der Waals surface area contributed by atoms with Crippen molar-refractivity contribution in [1.82, 2.24) is 15.5 Å². The summed E-state index contributed by atoms with van der Waals surface area (Å²) in [4.78, 5) is 33.2. The largest absolute Gasteiger partial charge is 0.449 e. The third kappa shape index (κ3) is 4.38. The molecule has 0 aliphatic carbocycles. The van der Waals surface area contributed by atoms with Crippen molar-refractivity contribution in [2.24, 2.45) is 0 Å². The van der Waals surface area contributed by atoms with Crippen LogP contribution in [0.4, 0.5) is 0 Å². The van der Waals surface area contributed by atoms with Crippen LogP contribution in [0.5, 0.6) is 0 Å². The minimum atomic E-state index is -0.954. The first-order valence-electron chi connectivity index (χ1n) is 9.69. The molecule has 31 heavy (non-hydrogen) atoms. The van der Waals surface area contributed by atoms with E-state index in [2.05, 4.69) is 15.5 Å². The van der Waals surface area contributed by atoms with Gasteiger partial charge in [-0.3, -0.25) is 4.79 Å². The summed E-state index contributed by atoms with van der Waals surface area (Å²) in [5.74, 6) is -0.984. The highest BCUT2D eigenvalue weighted by Gasteiger charge is 2.25. The maximum Gasteiger partial charge on any atom is 0.339 e. The summed E-state index contributed by atoms with van der Waals surface area (Å²) in [6.07, 6.45) is -0.954. The summed E-state index contributed by atoms with van der Waals surface area (Å²) in [6.45, 7) is 7.70. The predicted octanol–water partition coefficient (Wildman–Crippen LogP) is 4.80. The molecule has 7 nitrogen and oxygen atoms in total. The Morgan fingerprint density at radius 2 is 2.06 bits per heavy atom. The van der Waals surface area contributed by atoms with Crippen molar-refractivity contribution < 1.29 is 18.8 Å². The number of ether oxygens (including phenoxy) is 1. The van der Waals surface area contributed by atoms with Gasteiger partial charge >= 0.3 is 5.97 Å². The number of pyridine rings is 1. The number of carbonyl (C=O) groups is 2. The minimum Gasteiger partial charge on any atom is -0.449 e. The van der Waals surface area contributed by atoms with Crippen LogP contribution in [0.25, 0.3) is 22.4 Å². The number of aryl methyl sites for hydroxylation is 3. The number of rotatable bonds is 6. The summed E-state index contributed by atoms with van der Waals surface area (Å²) in [6, 6.07) is 7.55. The molecule has 1 N–H and O–H groups in total. The number of carbonyl (C=O) groups excluding carboxylic acids is 2. The summed E-state index contributed by atoms with van der Waals surface area (Å²) < 4.78 is 10.8. The van der Waals surface area contributed by atoms with Gasteiger partial charge in [0.1, 0.15) is 0 Å². The van der Waals surface area contributed by atoms with E-state index in [1.54, 1.807) is 42.6 Å². The first-order chi connectivity index (χ1) is 14.8. The van der Waals surface area contributed by atoms with Crippen molar-refractivity contribution in [1.29, 1.82) is 0 Å². The molecule has 0 spiro atoms. The van der Waals surface area contributed by atoms with Crippen LogP contribution >= 0.6 is 22.7 Å². The number of hydrogen-bond acceptors (Lipinski definition) is 8. The molecular weight excluding hydrogens is 434 g/mol. The summed E-state index contributed by atoms with van der Waals surface area (Å²) in [7, 11) is 0. The molecule has 9 heteroatoms. The molecule has 1 unspecified atom stereocenters. The number of amides is 1. The molecule has 1 amide bonds. The number of esters is 1. The van der Waals surface area contributed by atoms with E-state index in [1.807, 2.05) is 37.4 Å². The lowest BCUT2D eigenvalue weighted by Gasteiger charge is -2.14. The van der Waals surface area contributed by atoms with Crippen molar-refractivity contribution in [3.05, 3.63) is 55.5 Å². The quantitative estimate of drug-likeness (QED) is 0.420. The fourth-order valence-corrected chi connectivity index (χ4v) is 4.87. The number of nitrogens with zero attached hydrogens (tertiary/aromatic N) is 2. The predicted molar refractivity (Wildman–Crippen MR) is 120 cm³/mol. The van der Waals surface area contributed by atoms with E-state index in [1.165, 1.54) is 0 Å². The van der Waals surface area contributed by atoms with E-state index in [0.29, 0.717) is 23.3 Å². The number of aromatic nitrogens is 2. The number of fused-ring (bicyclic) bond motifs is 1. The van der Waals surface area contributed by atoms with Crippen molar-refractivity contribution in [2.75, 3.05) is 0 Å². The summed E-state index contributed by atoms with van der Waals surface area (Å²) in [5.41, 5.74) is 2.61. The van der Waals surface area contributed by atoms with Gasteiger partial charge in [-0.05, 0) is 51.3 Å². The zero-order chi connectivity index (χ0) is 22.1. The molecule has 4 rings (SSSR count). The maximum atomic E-state index is 13.0. The third-order valence-electron chi connectivity index (χ3n) is 4.82. The fraction of sp³-hybridized carbons (Fsp3) is 0.273. The second kappa shape index (κ2) is 8.60. The molecule has 0 bridgehead atoms. The highest BCUT2D eigenvalue weighted by Crippen LogP contribution is 2.33. The van der Waals surface area contributed by atoms with Gasteiger partial charge in [-0.2, -0.15) is 0 Å². The maximum absolute atomic E-state index is 13.0. The van der Waals surface area contributed by atoms with E-state index in [9.17, 15) is 9.59 Å². The lowest BCUT2D eigenvalue weighted by atomic mass is 10.1. The van der Waals surface area contributed by atoms with Crippen LogP contribution in [0.1, 0.15) is 37.6 Å². The zero-order valence-corrected chi connectivity index (χ0v) is 19.1. The van der Waals surface area contributed by atoms with Crippen molar-refractivity contribution in [2.45, 2.75) is 40.3 Å². The van der Waals surface area contributed by atoms with E-state index in [4.69, 9.17) is 9.26 Å². The monoisotopic (exact) mass is 455 g/mol. The van der Waals surface area contributed by atoms with E-state index < -0.39 is 12.1 Å². The molecular formula is C22H21N3O4S2. The molecule has 0 radical (unpaired) electrons. The summed E-state index contributed by atoms with van der Waals surface area (Å²) >= 11 is 3.20. The first kappa shape index (κ1) is 21.2. The van der Waals surface area contributed by atoms with Gasteiger partial charge in [0, 0.05) is 20.2 Å². The number of hydrogen-bond donors (Lipinski definition) is 1. The molecule has 0 aromatic carbocycles. The molecule has 0 fully saturated rings. The van der Waals surface area contributed by atoms with E-state index >= 15 is 0 Å². The Hall–Kier alpha value is -3.04. The van der Waals surface area contributed by atoms with Gasteiger partial charge in [0.25, 0.3) is 11.6 Å². The molecule has 0 saturated heterocycles. The zero-order valence-electron chi connectivity index (χ0n) is 17.5. The molecule has 0 saturated carbocycles. The van der Waals surface area contributed by atoms with Gasteiger partial charge in [0.2, 0.25) is 0 Å². The van der Waals surface area contributed by atoms with Crippen molar-refractivity contribution in [3.8, 4) is 11.3 Å². The van der Waals surface area contributed by atoms with Gasteiger partial charge in [0.15, 0.2) is 6.10 Å². The van der Waals surface area contributed by atoms with Crippen molar-refractivity contribution in [3.63, 3.8) is 0 Å². The Morgan fingerprint density at radius 1 is 1.26 bits per heavy atom. The average molecular weight is 456 g/mol. The fourth-order valence-electron chi connectivity index (χ4n) is 3.29. The lowest BCUT2D eigenvalue weighted by molar-refractivity contribution is -0.129. The Kier molecular flexibility index (Phi) is 5.88. The molecule has 4 heterocycles. The highest BCUT2D eigenvalue weighted by atomic mass is 32.1. The second-order valence-corrected chi connectivity index (χ2v) is 9.67. The summed E-state index contributed by atoms with van der Waals surface area (Å²) in [5, 5.41) is 9.17. The topological polar surface area (TPSA) is 94.3 Å². The van der Waals surface area contributed by atoms with E-state index in [0.717, 1.165) is 20.2 Å². The SMILES string of the molecule is Cc1cc(-c2cc(C(=O)OC(C)C(=O)NCc3cccs3)c3c(C)noc3n2)c(C)s1. The molecule has 4 aromatic rings. The van der Waals surface area contributed by atoms with Gasteiger partial charge in [-0.25, -0.2) is 9.78 Å². The van der Waals surface area contributed by atoms with Crippen LogP contribution in [0, 0.1) is 20.8 Å². The van der Waals surface area contributed by atoms with Crippen LogP contribution in [0.15, 0.2) is 34.2 Å². The Morgan fingerprint density at radius 3 is 2.74 bits per heavy atom. The van der Waals surface area contributed by atoms with Crippen LogP contribution in [-0.2, 0) is 16.1 Å². The highest BCUT2D eigenvalue weighted by molar-refractivity contribution is 7.12. The number of thiophene rings is 2. The van der Waals surface area contributed by atoms with Gasteiger partial charge in [-0.15, -0.1) is 22.7 Å². The van der Waals surface area contributed by atoms with Crippen LogP contribution in [0.3, 0.4) is 0 Å². The molecule has 160 valence electrons. The Labute approximate surface area is 187 Å². The molecule has 1 atom stereocenters. The standard InChI is InChI=1S/C22H21N3O4S2/c1-11-8-16(14(4)31-11)18-9-17(19-12(2)25-29-21(19)24-18)22(27)28-13(3)20(26)23-10-15-6-5-7-30-15/h5-9,13H,10H2,1-4H3,(H,23,26). The van der Waals surface area contributed by atoms with Gasteiger partial charge < -0.3 is 14.6 Å². The second-order valence-electron chi connectivity index (χ2n) is 7.17. The molecule has 0 aliphatic rings. The van der Waals surface area contributed by atoms with Crippen LogP contribution in [0.2, 0.25) is 0 Å². The number of nitrogens with one attached hydrogen (secondary N) is 1. The van der Waals surface area contributed by atoms with Gasteiger partial charge in [-0.1, -0.05) is 11.2 Å².